The molecule has 4 atom stereocenters. The van der Waals surface area contributed by atoms with E-state index >= 15 is 0 Å². The normalized spacial score (nSPS) is 34.4. The lowest BCUT2D eigenvalue weighted by atomic mass is 10.1. The number of ether oxygens (including phenoxy) is 1. The number of aromatic nitrogens is 2. The number of nitrogens with zero attached hydrogens (tertiary/aromatic N) is 2. The molecule has 1 fully saturated rings. The maximum Gasteiger partial charge on any atom is 0.328 e. The molecule has 0 aliphatic carbocycles. The average Bonchev–Trinajstić information content (AvgIpc) is 2.64. The highest BCUT2D eigenvalue weighted by molar-refractivity contribution is 7.71. The fraction of sp³-hybridized carbons (Fsp3) is 0.556. The van der Waals surface area contributed by atoms with Gasteiger partial charge >= 0.3 is 11.4 Å². The van der Waals surface area contributed by atoms with Crippen LogP contribution < -0.4 is 10.8 Å². The second-order valence-electron chi connectivity index (χ2n) is 4.12. The lowest BCUT2D eigenvalue weighted by Gasteiger charge is -2.21. The zero-order chi connectivity index (χ0) is 14.2. The summed E-state index contributed by atoms with van der Waals surface area (Å²) in [6.45, 7) is -0.810. The molecule has 10 heteroatoms. The van der Waals surface area contributed by atoms with Crippen LogP contribution in [0.5, 0.6) is 0 Å². The maximum atomic E-state index is 11.7. The quantitative estimate of drug-likeness (QED) is 0.295. The molecule has 5 N–H and O–H groups in total. The third kappa shape index (κ3) is 2.13. The van der Waals surface area contributed by atoms with Gasteiger partial charge in [0.15, 0.2) is 12.3 Å². The highest BCUT2D eigenvalue weighted by Gasteiger charge is 2.58. The first-order chi connectivity index (χ1) is 8.95. The zero-order valence-electron chi connectivity index (χ0n) is 9.55. The van der Waals surface area contributed by atoms with Gasteiger partial charge in [0, 0.05) is 6.20 Å². The van der Waals surface area contributed by atoms with Gasteiger partial charge in [0.2, 0.25) is 0 Å². The molecule has 19 heavy (non-hydrogen) atoms. The Labute approximate surface area is 111 Å². The Morgan fingerprint density at radius 3 is 2.79 bits per heavy atom. The predicted molar refractivity (Wildman–Crippen MR) is 62.2 cm³/mol. The fourth-order valence-corrected chi connectivity index (χ4v) is 2.04. The highest BCUT2D eigenvalue weighted by Crippen LogP contribution is 2.31. The van der Waals surface area contributed by atoms with Crippen LogP contribution in [0.4, 0.5) is 0 Å². The predicted octanol–water partition coefficient (Wildman–Crippen LogP) is -3.05. The molecule has 0 radical (unpaired) electrons. The molecule has 1 aliphatic rings. The summed E-state index contributed by atoms with van der Waals surface area (Å²) in [7, 11) is 0. The number of rotatable bonds is 3. The van der Waals surface area contributed by atoms with E-state index < -0.39 is 36.5 Å². The van der Waals surface area contributed by atoms with Gasteiger partial charge in [0.1, 0.15) is 17.4 Å². The molecule has 1 aliphatic heterocycles. The van der Waals surface area contributed by atoms with Gasteiger partial charge < -0.3 is 26.0 Å². The van der Waals surface area contributed by atoms with Crippen LogP contribution in [0.3, 0.4) is 0 Å². The second kappa shape index (κ2) is 4.90. The minimum atomic E-state index is -1.96. The number of nitrogens with one attached hydrogen (secondary N) is 2. The van der Waals surface area contributed by atoms with Crippen LogP contribution in [-0.4, -0.2) is 49.4 Å². The van der Waals surface area contributed by atoms with Gasteiger partial charge in [-0.3, -0.25) is 14.3 Å². The summed E-state index contributed by atoms with van der Waals surface area (Å²) in [6, 6.07) is 1.39. The van der Waals surface area contributed by atoms with Crippen LogP contribution >= 0.6 is 12.2 Å². The van der Waals surface area contributed by atoms with Crippen LogP contribution in [0, 0.1) is 4.64 Å². The molecule has 1 saturated heterocycles. The first kappa shape index (κ1) is 14.0. The van der Waals surface area contributed by atoms with Crippen molar-refractivity contribution in [2.24, 2.45) is 0 Å². The fourth-order valence-electron chi connectivity index (χ4n) is 1.89. The Balaban J connectivity index is 2.45. The molecule has 0 spiro atoms. The minimum absolute atomic E-state index is 0.197. The first-order valence-corrected chi connectivity index (χ1v) is 5.73. The molecule has 9 nitrogen and oxygen atoms in total. The zero-order valence-corrected chi connectivity index (χ0v) is 10.4. The maximum absolute atomic E-state index is 11.7. The SMILES string of the molecule is [N-]=[NH+][C@]1(CO)O[C@@H](n2ccc(=S)[nH]c2=O)[C@@H](O)C1O. The van der Waals surface area contributed by atoms with Gasteiger partial charge in [-0.05, 0) is 6.07 Å². The molecule has 0 aromatic carbocycles. The van der Waals surface area contributed by atoms with E-state index in [1.54, 1.807) is 5.11 Å². The number of H-pyrrole nitrogens is 1. The van der Waals surface area contributed by atoms with Crippen molar-refractivity contribution in [3.8, 4) is 0 Å². The first-order valence-electron chi connectivity index (χ1n) is 5.33. The minimum Gasteiger partial charge on any atom is -0.506 e. The highest BCUT2D eigenvalue weighted by atomic mass is 32.1. The molecule has 104 valence electrons. The monoisotopic (exact) mass is 288 g/mol. The van der Waals surface area contributed by atoms with Crippen molar-refractivity contribution in [3.05, 3.63) is 32.9 Å². The lowest BCUT2D eigenvalue weighted by Crippen LogP contribution is -2.87. The molecule has 2 rings (SSSR count). The molecule has 0 amide bonds. The van der Waals surface area contributed by atoms with Crippen molar-refractivity contribution >= 4 is 12.2 Å². The topological polar surface area (TPSA) is 144 Å². The summed E-state index contributed by atoms with van der Waals surface area (Å²) >= 11 is 4.76. The van der Waals surface area contributed by atoms with E-state index in [1.165, 1.54) is 12.3 Å². The summed E-state index contributed by atoms with van der Waals surface area (Å²) in [5.74, 6) is 0. The number of hydrogen-bond donors (Lipinski definition) is 5. The van der Waals surface area contributed by atoms with Crippen molar-refractivity contribution in [2.45, 2.75) is 24.2 Å². The largest absolute Gasteiger partial charge is 0.506 e. The summed E-state index contributed by atoms with van der Waals surface area (Å²) in [6.07, 6.45) is -3.19. The molecule has 1 aromatic heterocycles. The van der Waals surface area contributed by atoms with E-state index in [4.69, 9.17) is 27.6 Å². The Morgan fingerprint density at radius 2 is 2.32 bits per heavy atom. The molecule has 0 saturated carbocycles. The van der Waals surface area contributed by atoms with Gasteiger partial charge in [-0.2, -0.15) is 0 Å². The van der Waals surface area contributed by atoms with Gasteiger partial charge in [-0.25, -0.2) is 4.79 Å². The van der Waals surface area contributed by atoms with Crippen molar-refractivity contribution < 1.29 is 25.2 Å². The van der Waals surface area contributed by atoms with Crippen LogP contribution in [0.25, 0.3) is 5.53 Å². The average molecular weight is 288 g/mol. The van der Waals surface area contributed by atoms with Gasteiger partial charge in [0.25, 0.3) is 0 Å². The van der Waals surface area contributed by atoms with Gasteiger partial charge in [-0.15, -0.1) is 0 Å². The number of aliphatic hydroxyl groups excluding tert-OH is 3. The van der Waals surface area contributed by atoms with Crippen molar-refractivity contribution in [1.29, 1.82) is 0 Å². The Kier molecular flexibility index (Phi) is 3.60. The molecule has 2 heterocycles. The summed E-state index contributed by atoms with van der Waals surface area (Å²) in [5.41, 5.74) is 6.35. The summed E-state index contributed by atoms with van der Waals surface area (Å²) in [4.78, 5) is 14.0. The van der Waals surface area contributed by atoms with Crippen molar-refractivity contribution in [3.63, 3.8) is 0 Å². The molecule has 1 unspecified atom stereocenters. The standard InChI is InChI=1S/C9H12N4O5S/c10-12-9(3-14)6(16)5(15)7(18-9)13-2-1-4(19)11-8(13)17/h1-2,5-7,12,14-16H,3H2,(H,11,17,19)/t5-,6?,7+,9+/m0/s1. The second-order valence-corrected chi connectivity index (χ2v) is 4.56. The Morgan fingerprint density at radius 1 is 1.63 bits per heavy atom. The Bertz CT molecular complexity index is 601. The van der Waals surface area contributed by atoms with E-state index in [0.717, 1.165) is 4.57 Å². The van der Waals surface area contributed by atoms with E-state index in [0.29, 0.717) is 0 Å². The summed E-state index contributed by atoms with van der Waals surface area (Å²) in [5, 5.41) is 30.4. The van der Waals surface area contributed by atoms with E-state index in [1.807, 2.05) is 0 Å². The number of aliphatic hydroxyl groups is 3. The third-order valence-corrected chi connectivity index (χ3v) is 3.21. The van der Waals surface area contributed by atoms with Crippen LogP contribution in [-0.2, 0) is 4.74 Å². The smallest absolute Gasteiger partial charge is 0.328 e. The van der Waals surface area contributed by atoms with Crippen molar-refractivity contribution in [2.75, 3.05) is 6.61 Å². The lowest BCUT2D eigenvalue weighted by molar-refractivity contribution is -0.648. The molecule has 0 bridgehead atoms. The van der Waals surface area contributed by atoms with E-state index in [-0.39, 0.29) is 4.64 Å². The van der Waals surface area contributed by atoms with Gasteiger partial charge in [0.05, 0.1) is 0 Å². The third-order valence-electron chi connectivity index (χ3n) is 2.97. The molecular weight excluding hydrogens is 276 g/mol. The Hall–Kier alpha value is -1.46. The van der Waals surface area contributed by atoms with Crippen LogP contribution in [0.15, 0.2) is 17.1 Å². The van der Waals surface area contributed by atoms with Gasteiger partial charge in [-0.1, -0.05) is 12.2 Å². The van der Waals surface area contributed by atoms with Crippen LogP contribution in [0.1, 0.15) is 6.23 Å². The number of aromatic amines is 1. The summed E-state index contributed by atoms with van der Waals surface area (Å²) < 4.78 is 6.33. The van der Waals surface area contributed by atoms with E-state index in [2.05, 4.69) is 4.98 Å². The van der Waals surface area contributed by atoms with Crippen LogP contribution in [0.2, 0.25) is 0 Å². The molecule has 1 aromatic rings. The van der Waals surface area contributed by atoms with E-state index in [9.17, 15) is 15.0 Å². The number of hydrogen-bond acceptors (Lipinski definition) is 6. The molecular formula is C9H12N4O5S. The van der Waals surface area contributed by atoms with Crippen molar-refractivity contribution in [1.82, 2.24) is 9.55 Å².